The Bertz CT molecular complexity index is 213. The number of carbonyl (C=O) groups excluding carboxylic acids is 1. The van der Waals surface area contributed by atoms with Gasteiger partial charge in [0.25, 0.3) is 0 Å². The van der Waals surface area contributed by atoms with Crippen molar-refractivity contribution >= 4 is 5.78 Å². The maximum Gasteiger partial charge on any atom is 0.141 e. The second-order valence-corrected chi connectivity index (χ2v) is 5.85. The Balaban J connectivity index is 4.79. The average Bonchev–Trinajstić information content (AvgIpc) is 2.24. The van der Waals surface area contributed by atoms with Crippen LogP contribution in [0.4, 0.5) is 0 Å². The molecule has 0 aromatic rings. The normalized spacial score (nSPS) is 15.3. The van der Waals surface area contributed by atoms with Gasteiger partial charge in [0.2, 0.25) is 0 Å². The van der Waals surface area contributed by atoms with Crippen molar-refractivity contribution in [1.82, 2.24) is 0 Å². The number of ether oxygens (including phenoxy) is 1. The van der Waals surface area contributed by atoms with E-state index in [9.17, 15) is 4.79 Å². The molecule has 0 aliphatic rings. The van der Waals surface area contributed by atoms with E-state index >= 15 is 0 Å². The van der Waals surface area contributed by atoms with E-state index in [0.717, 1.165) is 19.3 Å². The van der Waals surface area contributed by atoms with Gasteiger partial charge in [-0.05, 0) is 24.7 Å². The molecule has 2 nitrogen and oxygen atoms in total. The molecule has 0 fully saturated rings. The molecule has 0 aliphatic carbocycles. The van der Waals surface area contributed by atoms with Crippen molar-refractivity contribution < 1.29 is 9.53 Å². The average molecular weight is 242 g/mol. The van der Waals surface area contributed by atoms with Crippen LogP contribution in [0, 0.1) is 17.3 Å². The lowest BCUT2D eigenvalue weighted by Crippen LogP contribution is -2.40. The number of hydrogen-bond acceptors (Lipinski definition) is 2. The smallest absolute Gasteiger partial charge is 0.141 e. The Morgan fingerprint density at radius 3 is 2.18 bits per heavy atom. The minimum absolute atomic E-state index is 0.265. The zero-order chi connectivity index (χ0) is 13.5. The summed E-state index contributed by atoms with van der Waals surface area (Å²) in [5.74, 6) is 1.33. The summed E-state index contributed by atoms with van der Waals surface area (Å²) in [7, 11) is 1.70. The molecule has 0 saturated heterocycles. The van der Waals surface area contributed by atoms with E-state index in [2.05, 4.69) is 34.6 Å². The van der Waals surface area contributed by atoms with E-state index in [4.69, 9.17) is 4.74 Å². The van der Waals surface area contributed by atoms with Gasteiger partial charge in [-0.25, -0.2) is 0 Å². The van der Waals surface area contributed by atoms with Crippen LogP contribution in [0.2, 0.25) is 0 Å². The van der Waals surface area contributed by atoms with Crippen LogP contribution >= 0.6 is 0 Å². The fraction of sp³-hybridized carbons (Fsp3) is 0.933. The predicted octanol–water partition coefficient (Wildman–Crippen LogP) is 4.08. The molecule has 0 radical (unpaired) electrons. The molecule has 1 atom stereocenters. The number of hydrogen-bond donors (Lipinski definition) is 0. The monoisotopic (exact) mass is 242 g/mol. The van der Waals surface area contributed by atoms with Gasteiger partial charge in [0.05, 0.1) is 12.0 Å². The number of Topliss-reactive ketones (excluding diaryl/α,β-unsaturated/α-hetero) is 1. The summed E-state index contributed by atoms with van der Waals surface area (Å²) in [4.78, 5) is 12.5. The second kappa shape index (κ2) is 7.86. The lowest BCUT2D eigenvalue weighted by atomic mass is 9.69. The predicted molar refractivity (Wildman–Crippen MR) is 73.1 cm³/mol. The second-order valence-electron chi connectivity index (χ2n) is 5.85. The van der Waals surface area contributed by atoms with Crippen LogP contribution in [-0.2, 0) is 9.53 Å². The van der Waals surface area contributed by atoms with E-state index in [1.807, 2.05) is 0 Å². The SMILES string of the molecule is CCCC(COC)(C(=O)CCC(C)C)C(C)C. The molecular weight excluding hydrogens is 212 g/mol. The number of ketones is 1. The standard InChI is InChI=1S/C15H30O2/c1-7-10-15(11-17-6,13(4)5)14(16)9-8-12(2)3/h12-13H,7-11H2,1-6H3. The number of methoxy groups -OCH3 is 1. The zero-order valence-corrected chi connectivity index (χ0v) is 12.5. The lowest BCUT2D eigenvalue weighted by Gasteiger charge is -2.35. The molecule has 0 aromatic carbocycles. The number of carbonyl (C=O) groups is 1. The summed E-state index contributed by atoms with van der Waals surface area (Å²) in [5.41, 5.74) is -0.265. The van der Waals surface area contributed by atoms with Crippen LogP contribution in [0.3, 0.4) is 0 Å². The Kier molecular flexibility index (Phi) is 7.69. The van der Waals surface area contributed by atoms with Gasteiger partial charge in [0, 0.05) is 13.5 Å². The quantitative estimate of drug-likeness (QED) is 0.609. The van der Waals surface area contributed by atoms with Crippen LogP contribution in [0.1, 0.15) is 60.3 Å². The highest BCUT2D eigenvalue weighted by Gasteiger charge is 2.39. The topological polar surface area (TPSA) is 26.3 Å². The third-order valence-corrected chi connectivity index (χ3v) is 3.71. The third-order valence-electron chi connectivity index (χ3n) is 3.71. The molecule has 2 heteroatoms. The molecule has 0 spiro atoms. The molecule has 0 amide bonds. The summed E-state index contributed by atoms with van der Waals surface area (Å²) >= 11 is 0. The summed E-state index contributed by atoms with van der Waals surface area (Å²) in [6, 6.07) is 0. The van der Waals surface area contributed by atoms with E-state index in [-0.39, 0.29) is 5.41 Å². The van der Waals surface area contributed by atoms with E-state index in [1.54, 1.807) is 7.11 Å². The first-order valence-electron chi connectivity index (χ1n) is 6.93. The molecular formula is C15H30O2. The largest absolute Gasteiger partial charge is 0.384 e. The van der Waals surface area contributed by atoms with Crippen molar-refractivity contribution in [2.24, 2.45) is 17.3 Å². The van der Waals surface area contributed by atoms with E-state index in [0.29, 0.717) is 30.6 Å². The van der Waals surface area contributed by atoms with Gasteiger partial charge in [-0.2, -0.15) is 0 Å². The first kappa shape index (κ1) is 16.6. The summed E-state index contributed by atoms with van der Waals surface area (Å²) < 4.78 is 5.33. The zero-order valence-electron chi connectivity index (χ0n) is 12.5. The molecule has 1 unspecified atom stereocenters. The van der Waals surface area contributed by atoms with Crippen molar-refractivity contribution in [3.8, 4) is 0 Å². The highest BCUT2D eigenvalue weighted by molar-refractivity contribution is 5.85. The molecule has 0 bridgehead atoms. The third kappa shape index (κ3) is 4.79. The molecule has 17 heavy (non-hydrogen) atoms. The van der Waals surface area contributed by atoms with Crippen LogP contribution in [0.25, 0.3) is 0 Å². The summed E-state index contributed by atoms with van der Waals surface area (Å²) in [6.07, 6.45) is 3.66. The Hall–Kier alpha value is -0.370. The van der Waals surface area contributed by atoms with Gasteiger partial charge in [-0.15, -0.1) is 0 Å². The fourth-order valence-corrected chi connectivity index (χ4v) is 2.44. The van der Waals surface area contributed by atoms with E-state index in [1.165, 1.54) is 0 Å². The van der Waals surface area contributed by atoms with Crippen molar-refractivity contribution in [2.75, 3.05) is 13.7 Å². The fourth-order valence-electron chi connectivity index (χ4n) is 2.44. The van der Waals surface area contributed by atoms with Gasteiger partial charge in [-0.1, -0.05) is 41.0 Å². The van der Waals surface area contributed by atoms with E-state index < -0.39 is 0 Å². The Morgan fingerprint density at radius 2 is 1.82 bits per heavy atom. The molecule has 0 aromatic heterocycles. The van der Waals surface area contributed by atoms with Crippen molar-refractivity contribution in [1.29, 1.82) is 0 Å². The van der Waals surface area contributed by atoms with Crippen LogP contribution < -0.4 is 0 Å². The van der Waals surface area contributed by atoms with Gasteiger partial charge >= 0.3 is 0 Å². The van der Waals surface area contributed by atoms with Gasteiger partial charge < -0.3 is 4.74 Å². The highest BCUT2D eigenvalue weighted by atomic mass is 16.5. The van der Waals surface area contributed by atoms with Crippen molar-refractivity contribution in [2.45, 2.75) is 60.3 Å². The molecule has 0 N–H and O–H groups in total. The first-order valence-corrected chi connectivity index (χ1v) is 6.93. The van der Waals surface area contributed by atoms with Gasteiger partial charge in [0.1, 0.15) is 5.78 Å². The van der Waals surface area contributed by atoms with Crippen molar-refractivity contribution in [3.05, 3.63) is 0 Å². The van der Waals surface area contributed by atoms with Crippen LogP contribution in [0.15, 0.2) is 0 Å². The molecule has 102 valence electrons. The molecule has 0 aliphatic heterocycles. The Morgan fingerprint density at radius 1 is 1.24 bits per heavy atom. The number of rotatable bonds is 9. The minimum Gasteiger partial charge on any atom is -0.384 e. The Labute approximate surface area is 107 Å². The molecule has 0 heterocycles. The molecule has 0 rings (SSSR count). The first-order chi connectivity index (χ1) is 7.90. The van der Waals surface area contributed by atoms with Crippen molar-refractivity contribution in [3.63, 3.8) is 0 Å². The minimum atomic E-state index is -0.265. The maximum atomic E-state index is 12.5. The maximum absolute atomic E-state index is 12.5. The molecule has 0 saturated carbocycles. The van der Waals surface area contributed by atoms with Crippen LogP contribution in [0.5, 0.6) is 0 Å². The lowest BCUT2D eigenvalue weighted by molar-refractivity contribution is -0.136. The van der Waals surface area contributed by atoms with Crippen LogP contribution in [-0.4, -0.2) is 19.5 Å². The summed E-state index contributed by atoms with van der Waals surface area (Å²) in [5, 5.41) is 0. The van der Waals surface area contributed by atoms with Gasteiger partial charge in [0.15, 0.2) is 0 Å². The highest BCUT2D eigenvalue weighted by Crippen LogP contribution is 2.36. The summed E-state index contributed by atoms with van der Waals surface area (Å²) in [6.45, 7) is 11.3. The van der Waals surface area contributed by atoms with Gasteiger partial charge in [-0.3, -0.25) is 4.79 Å².